The molecule has 0 aliphatic carbocycles. The van der Waals surface area contributed by atoms with E-state index in [1.165, 1.54) is 7.11 Å². The van der Waals surface area contributed by atoms with Crippen molar-refractivity contribution < 1.29 is 19.0 Å². The normalized spacial score (nSPS) is 10.2. The fourth-order valence-corrected chi connectivity index (χ4v) is 2.48. The van der Waals surface area contributed by atoms with Crippen LogP contribution in [-0.4, -0.2) is 20.2 Å². The van der Waals surface area contributed by atoms with Gasteiger partial charge in [0.15, 0.2) is 0 Å². The Labute approximate surface area is 146 Å². The van der Waals surface area contributed by atoms with Crippen LogP contribution in [0.15, 0.2) is 72.8 Å². The van der Waals surface area contributed by atoms with Gasteiger partial charge in [0.05, 0.1) is 14.2 Å². The van der Waals surface area contributed by atoms with Gasteiger partial charge in [0, 0.05) is 0 Å². The summed E-state index contributed by atoms with van der Waals surface area (Å²) in [7, 11) is 3.05. The molecule has 3 rings (SSSR count). The Morgan fingerprint density at radius 3 is 2.00 bits per heavy atom. The monoisotopic (exact) mass is 334 g/mol. The SMILES string of the molecule is COc1ccc(OC)c(C(=O)Oc2ccc(-c3ccccc3)cc2)c1. The van der Waals surface area contributed by atoms with Crippen molar-refractivity contribution in [2.24, 2.45) is 0 Å². The van der Waals surface area contributed by atoms with Gasteiger partial charge in [0.25, 0.3) is 0 Å². The van der Waals surface area contributed by atoms with Gasteiger partial charge in [0.1, 0.15) is 22.8 Å². The third kappa shape index (κ3) is 3.80. The predicted molar refractivity (Wildman–Crippen MR) is 96.4 cm³/mol. The van der Waals surface area contributed by atoms with Gasteiger partial charge >= 0.3 is 5.97 Å². The van der Waals surface area contributed by atoms with Crippen LogP contribution in [0.2, 0.25) is 0 Å². The van der Waals surface area contributed by atoms with Gasteiger partial charge < -0.3 is 14.2 Å². The van der Waals surface area contributed by atoms with Crippen molar-refractivity contribution in [2.45, 2.75) is 0 Å². The smallest absolute Gasteiger partial charge is 0.347 e. The summed E-state index contributed by atoms with van der Waals surface area (Å²) in [6.07, 6.45) is 0. The van der Waals surface area contributed by atoms with Crippen LogP contribution in [0.4, 0.5) is 0 Å². The number of hydrogen-bond acceptors (Lipinski definition) is 4. The van der Waals surface area contributed by atoms with Crippen LogP contribution >= 0.6 is 0 Å². The number of carbonyl (C=O) groups excluding carboxylic acids is 1. The molecule has 0 bridgehead atoms. The minimum absolute atomic E-state index is 0.314. The van der Waals surface area contributed by atoms with Crippen molar-refractivity contribution in [1.29, 1.82) is 0 Å². The largest absolute Gasteiger partial charge is 0.497 e. The Balaban J connectivity index is 1.79. The average molecular weight is 334 g/mol. The number of rotatable bonds is 5. The zero-order valence-electron chi connectivity index (χ0n) is 14.1. The maximum absolute atomic E-state index is 12.5. The van der Waals surface area contributed by atoms with E-state index in [4.69, 9.17) is 14.2 Å². The Morgan fingerprint density at radius 1 is 0.720 bits per heavy atom. The minimum Gasteiger partial charge on any atom is -0.497 e. The first-order valence-corrected chi connectivity index (χ1v) is 7.81. The Morgan fingerprint density at radius 2 is 1.36 bits per heavy atom. The van der Waals surface area contributed by atoms with Gasteiger partial charge in [-0.1, -0.05) is 42.5 Å². The minimum atomic E-state index is -0.497. The molecule has 0 atom stereocenters. The molecule has 0 heterocycles. The summed E-state index contributed by atoms with van der Waals surface area (Å²) in [5.41, 5.74) is 2.48. The maximum Gasteiger partial charge on any atom is 0.347 e. The Kier molecular flexibility index (Phi) is 5.00. The number of esters is 1. The van der Waals surface area contributed by atoms with Gasteiger partial charge in [-0.3, -0.25) is 0 Å². The number of hydrogen-bond donors (Lipinski definition) is 0. The summed E-state index contributed by atoms with van der Waals surface area (Å²) in [5, 5.41) is 0. The van der Waals surface area contributed by atoms with Crippen molar-refractivity contribution in [3.8, 4) is 28.4 Å². The van der Waals surface area contributed by atoms with E-state index in [2.05, 4.69) is 0 Å². The highest BCUT2D eigenvalue weighted by Gasteiger charge is 2.16. The highest BCUT2D eigenvalue weighted by Crippen LogP contribution is 2.27. The van der Waals surface area contributed by atoms with Gasteiger partial charge in [-0.05, 0) is 41.5 Å². The average Bonchev–Trinajstić information content (AvgIpc) is 2.68. The van der Waals surface area contributed by atoms with Crippen molar-refractivity contribution in [3.05, 3.63) is 78.4 Å². The van der Waals surface area contributed by atoms with E-state index in [0.717, 1.165) is 11.1 Å². The topological polar surface area (TPSA) is 44.8 Å². The first kappa shape index (κ1) is 16.6. The van der Waals surface area contributed by atoms with Crippen LogP contribution in [0, 0.1) is 0 Å². The van der Waals surface area contributed by atoms with E-state index in [9.17, 15) is 4.79 Å². The highest BCUT2D eigenvalue weighted by molar-refractivity contribution is 5.94. The maximum atomic E-state index is 12.5. The first-order valence-electron chi connectivity index (χ1n) is 7.81. The lowest BCUT2D eigenvalue weighted by atomic mass is 10.1. The third-order valence-corrected chi connectivity index (χ3v) is 3.80. The summed E-state index contributed by atoms with van der Waals surface area (Å²) in [5.74, 6) is 0.969. The first-order chi connectivity index (χ1) is 12.2. The van der Waals surface area contributed by atoms with Crippen LogP contribution in [0.5, 0.6) is 17.2 Å². The van der Waals surface area contributed by atoms with Crippen LogP contribution in [-0.2, 0) is 0 Å². The van der Waals surface area contributed by atoms with Crippen molar-refractivity contribution in [1.82, 2.24) is 0 Å². The molecule has 0 spiro atoms. The summed E-state index contributed by atoms with van der Waals surface area (Å²) in [6, 6.07) is 22.4. The molecule has 126 valence electrons. The fourth-order valence-electron chi connectivity index (χ4n) is 2.48. The zero-order valence-corrected chi connectivity index (χ0v) is 14.1. The van der Waals surface area contributed by atoms with Crippen molar-refractivity contribution >= 4 is 5.97 Å². The lowest BCUT2D eigenvalue weighted by Gasteiger charge is -2.10. The lowest BCUT2D eigenvalue weighted by molar-refractivity contribution is 0.0731. The quantitative estimate of drug-likeness (QED) is 0.506. The van der Waals surface area contributed by atoms with Crippen LogP contribution in [0.1, 0.15) is 10.4 Å². The van der Waals surface area contributed by atoms with E-state index in [1.54, 1.807) is 37.4 Å². The van der Waals surface area contributed by atoms with E-state index in [-0.39, 0.29) is 0 Å². The standard InChI is InChI=1S/C21H18O4/c1-23-18-12-13-20(24-2)19(14-18)21(22)25-17-10-8-16(9-11-17)15-6-4-3-5-7-15/h3-14H,1-2H3. The number of methoxy groups -OCH3 is 2. The molecule has 0 radical (unpaired) electrons. The van der Waals surface area contributed by atoms with Crippen LogP contribution in [0.25, 0.3) is 11.1 Å². The number of benzene rings is 3. The van der Waals surface area contributed by atoms with Crippen molar-refractivity contribution in [2.75, 3.05) is 14.2 Å². The molecule has 0 saturated carbocycles. The molecular formula is C21H18O4. The molecule has 0 fully saturated rings. The molecular weight excluding hydrogens is 316 g/mol. The summed E-state index contributed by atoms with van der Waals surface area (Å²) in [4.78, 5) is 12.5. The van der Waals surface area contributed by atoms with Crippen LogP contribution in [0.3, 0.4) is 0 Å². The van der Waals surface area contributed by atoms with Gasteiger partial charge in [-0.2, -0.15) is 0 Å². The predicted octanol–water partition coefficient (Wildman–Crippen LogP) is 4.59. The molecule has 4 nitrogen and oxygen atoms in total. The third-order valence-electron chi connectivity index (χ3n) is 3.80. The van der Waals surface area contributed by atoms with E-state index >= 15 is 0 Å². The lowest BCUT2D eigenvalue weighted by Crippen LogP contribution is -2.10. The fraction of sp³-hybridized carbons (Fsp3) is 0.0952. The molecule has 4 heteroatoms. The molecule has 0 saturated heterocycles. The summed E-state index contributed by atoms with van der Waals surface area (Å²) < 4.78 is 15.8. The van der Waals surface area contributed by atoms with E-state index < -0.39 is 5.97 Å². The molecule has 0 unspecified atom stereocenters. The van der Waals surface area contributed by atoms with Gasteiger partial charge in [-0.15, -0.1) is 0 Å². The molecule has 0 aromatic heterocycles. The summed E-state index contributed by atoms with van der Waals surface area (Å²) >= 11 is 0. The van der Waals surface area contributed by atoms with Gasteiger partial charge in [0.2, 0.25) is 0 Å². The summed E-state index contributed by atoms with van der Waals surface area (Å²) in [6.45, 7) is 0. The highest BCUT2D eigenvalue weighted by atomic mass is 16.5. The second kappa shape index (κ2) is 7.53. The zero-order chi connectivity index (χ0) is 17.6. The van der Waals surface area contributed by atoms with Crippen LogP contribution < -0.4 is 14.2 Å². The number of carbonyl (C=O) groups is 1. The molecule has 0 aliphatic heterocycles. The molecule has 25 heavy (non-hydrogen) atoms. The molecule has 0 N–H and O–H groups in total. The number of ether oxygens (including phenoxy) is 3. The molecule has 0 aliphatic rings. The van der Waals surface area contributed by atoms with Crippen molar-refractivity contribution in [3.63, 3.8) is 0 Å². The second-order valence-corrected chi connectivity index (χ2v) is 5.35. The molecule has 0 amide bonds. The van der Waals surface area contributed by atoms with E-state index in [1.807, 2.05) is 42.5 Å². The molecule has 3 aromatic rings. The molecule has 3 aromatic carbocycles. The Bertz CT molecular complexity index is 855. The second-order valence-electron chi connectivity index (χ2n) is 5.35. The van der Waals surface area contributed by atoms with Gasteiger partial charge in [-0.25, -0.2) is 4.79 Å². The Hall–Kier alpha value is -3.27. The van der Waals surface area contributed by atoms with E-state index in [0.29, 0.717) is 22.8 Å².